The minimum absolute atomic E-state index is 0.0846. The van der Waals surface area contributed by atoms with Crippen LogP contribution >= 0.6 is 0 Å². The Balaban J connectivity index is 1.99. The zero-order chi connectivity index (χ0) is 14.1. The van der Waals surface area contributed by atoms with Crippen LogP contribution in [0.2, 0.25) is 0 Å². The van der Waals surface area contributed by atoms with Gasteiger partial charge >= 0.3 is 5.97 Å². The average Bonchev–Trinajstić information content (AvgIpc) is 2.49. The highest BCUT2D eigenvalue weighted by Gasteiger charge is 2.48. The van der Waals surface area contributed by atoms with Crippen molar-refractivity contribution >= 4 is 18.2 Å². The molecule has 0 N–H and O–H groups in total. The first-order valence-electron chi connectivity index (χ1n) is 6.70. The van der Waals surface area contributed by atoms with E-state index >= 15 is 0 Å². The predicted octanol–water partition coefficient (Wildman–Crippen LogP) is 1.09. The van der Waals surface area contributed by atoms with Crippen LogP contribution in [-0.2, 0) is 19.1 Å². The van der Waals surface area contributed by atoms with E-state index in [-0.39, 0.29) is 18.6 Å². The molecule has 2 fully saturated rings. The second-order valence-corrected chi connectivity index (χ2v) is 5.14. The molecule has 3 atom stereocenters. The molecule has 0 radical (unpaired) electrons. The van der Waals surface area contributed by atoms with E-state index in [0.717, 1.165) is 11.8 Å². The molecule has 104 valence electrons. The van der Waals surface area contributed by atoms with Crippen LogP contribution in [0.1, 0.15) is 24.4 Å². The lowest BCUT2D eigenvalue weighted by molar-refractivity contribution is -0.177. The maximum absolute atomic E-state index is 12.2. The SMILES string of the molecule is O=C[C@@H]1CCC(=O)N2[C@@H](c3ccccc3)COC(=O)[C@H]12. The molecular formula is C15H15NO4. The van der Waals surface area contributed by atoms with Crippen LogP contribution in [0.5, 0.6) is 0 Å². The third-order valence-corrected chi connectivity index (χ3v) is 4.00. The van der Waals surface area contributed by atoms with Gasteiger partial charge in [0.2, 0.25) is 5.91 Å². The first-order valence-corrected chi connectivity index (χ1v) is 6.70. The summed E-state index contributed by atoms with van der Waals surface area (Å²) in [5.74, 6) is -1.02. The van der Waals surface area contributed by atoms with Crippen LogP contribution in [-0.4, -0.2) is 35.7 Å². The summed E-state index contributed by atoms with van der Waals surface area (Å²) in [6.45, 7) is 0.149. The van der Waals surface area contributed by atoms with Crippen molar-refractivity contribution in [1.29, 1.82) is 0 Å². The number of rotatable bonds is 2. The third-order valence-electron chi connectivity index (χ3n) is 4.00. The van der Waals surface area contributed by atoms with Crippen molar-refractivity contribution in [3.63, 3.8) is 0 Å². The number of amides is 1. The van der Waals surface area contributed by atoms with E-state index in [1.165, 1.54) is 0 Å². The Kier molecular flexibility index (Phi) is 3.26. The number of benzene rings is 1. The lowest BCUT2D eigenvalue weighted by Crippen LogP contribution is -2.59. The Hall–Kier alpha value is -2.17. The summed E-state index contributed by atoms with van der Waals surface area (Å²) < 4.78 is 5.20. The van der Waals surface area contributed by atoms with E-state index < -0.39 is 17.9 Å². The summed E-state index contributed by atoms with van der Waals surface area (Å²) in [5, 5.41) is 0. The highest BCUT2D eigenvalue weighted by atomic mass is 16.5. The second kappa shape index (κ2) is 5.07. The van der Waals surface area contributed by atoms with E-state index in [1.807, 2.05) is 30.3 Å². The molecule has 0 unspecified atom stereocenters. The summed E-state index contributed by atoms with van der Waals surface area (Å²) in [7, 11) is 0. The molecule has 3 rings (SSSR count). The maximum atomic E-state index is 12.2. The molecule has 20 heavy (non-hydrogen) atoms. The third kappa shape index (κ3) is 1.99. The number of carbonyl (C=O) groups is 3. The number of morpholine rings is 1. The molecule has 0 spiro atoms. The van der Waals surface area contributed by atoms with E-state index in [1.54, 1.807) is 4.90 Å². The van der Waals surface area contributed by atoms with Crippen molar-refractivity contribution in [2.45, 2.75) is 24.9 Å². The van der Waals surface area contributed by atoms with Gasteiger partial charge in [-0.25, -0.2) is 4.79 Å². The zero-order valence-corrected chi connectivity index (χ0v) is 10.9. The smallest absolute Gasteiger partial charge is 0.329 e. The summed E-state index contributed by atoms with van der Waals surface area (Å²) in [6, 6.07) is 8.39. The first-order chi connectivity index (χ1) is 9.72. The lowest BCUT2D eigenvalue weighted by atomic mass is 9.86. The van der Waals surface area contributed by atoms with Gasteiger partial charge in [-0.3, -0.25) is 4.79 Å². The maximum Gasteiger partial charge on any atom is 0.329 e. The van der Waals surface area contributed by atoms with Gasteiger partial charge in [0.15, 0.2) is 0 Å². The number of ether oxygens (including phenoxy) is 1. The van der Waals surface area contributed by atoms with Crippen molar-refractivity contribution in [2.24, 2.45) is 5.92 Å². The number of cyclic esters (lactones) is 1. The summed E-state index contributed by atoms with van der Waals surface area (Å²) >= 11 is 0. The lowest BCUT2D eigenvalue weighted by Gasteiger charge is -2.45. The van der Waals surface area contributed by atoms with Gasteiger partial charge in [0, 0.05) is 12.3 Å². The van der Waals surface area contributed by atoms with Gasteiger partial charge in [0.25, 0.3) is 0 Å². The van der Waals surface area contributed by atoms with Crippen LogP contribution in [0, 0.1) is 5.92 Å². The van der Waals surface area contributed by atoms with Crippen molar-refractivity contribution in [1.82, 2.24) is 4.90 Å². The van der Waals surface area contributed by atoms with Gasteiger partial charge in [0.05, 0.1) is 6.04 Å². The fourth-order valence-corrected chi connectivity index (χ4v) is 3.00. The van der Waals surface area contributed by atoms with Crippen molar-refractivity contribution < 1.29 is 19.1 Å². The number of carbonyl (C=O) groups excluding carboxylic acids is 3. The van der Waals surface area contributed by atoms with E-state index in [4.69, 9.17) is 4.74 Å². The molecule has 0 aromatic heterocycles. The van der Waals surface area contributed by atoms with Crippen LogP contribution in [0.4, 0.5) is 0 Å². The standard InChI is InChI=1S/C15H15NO4/c17-8-11-6-7-13(18)16-12(9-20-15(19)14(11)16)10-4-2-1-3-5-10/h1-5,8,11-12,14H,6-7,9H2/t11-,12+,14-/m0/s1. The van der Waals surface area contributed by atoms with Crippen molar-refractivity contribution in [2.75, 3.05) is 6.61 Å². The quantitative estimate of drug-likeness (QED) is 0.597. The van der Waals surface area contributed by atoms with Crippen LogP contribution < -0.4 is 0 Å². The minimum atomic E-state index is -0.771. The molecule has 1 aromatic rings. The Labute approximate surface area is 116 Å². The molecule has 1 amide bonds. The molecule has 0 aliphatic carbocycles. The molecule has 1 aromatic carbocycles. The second-order valence-electron chi connectivity index (χ2n) is 5.14. The normalized spacial score (nSPS) is 29.6. The average molecular weight is 273 g/mol. The Morgan fingerprint density at radius 3 is 2.65 bits per heavy atom. The van der Waals surface area contributed by atoms with Gasteiger partial charge < -0.3 is 14.4 Å². The molecule has 2 saturated heterocycles. The fraction of sp³-hybridized carbons (Fsp3) is 0.400. The van der Waals surface area contributed by atoms with Crippen LogP contribution in [0.3, 0.4) is 0 Å². The van der Waals surface area contributed by atoms with Crippen LogP contribution in [0.25, 0.3) is 0 Å². The highest BCUT2D eigenvalue weighted by molar-refractivity contribution is 5.90. The van der Waals surface area contributed by atoms with Gasteiger partial charge in [-0.2, -0.15) is 0 Å². The first kappa shape index (κ1) is 12.8. The topological polar surface area (TPSA) is 63.7 Å². The van der Waals surface area contributed by atoms with Gasteiger partial charge in [-0.05, 0) is 12.0 Å². The molecule has 2 aliphatic rings. The fourth-order valence-electron chi connectivity index (χ4n) is 3.00. The molecule has 5 nitrogen and oxygen atoms in total. The number of nitrogens with zero attached hydrogens (tertiary/aromatic N) is 1. The Bertz CT molecular complexity index is 542. The number of hydrogen-bond acceptors (Lipinski definition) is 4. The van der Waals surface area contributed by atoms with E-state index in [2.05, 4.69) is 0 Å². The Morgan fingerprint density at radius 2 is 1.95 bits per heavy atom. The van der Waals surface area contributed by atoms with Crippen molar-refractivity contribution in [3.05, 3.63) is 35.9 Å². The number of piperidine rings is 1. The highest BCUT2D eigenvalue weighted by Crippen LogP contribution is 2.35. The largest absolute Gasteiger partial charge is 0.462 e. The minimum Gasteiger partial charge on any atom is -0.462 e. The summed E-state index contributed by atoms with van der Waals surface area (Å²) in [4.78, 5) is 36.9. The van der Waals surface area contributed by atoms with E-state index in [9.17, 15) is 14.4 Å². The number of esters is 1. The molecule has 0 bridgehead atoms. The van der Waals surface area contributed by atoms with Crippen molar-refractivity contribution in [3.8, 4) is 0 Å². The number of fused-ring (bicyclic) bond motifs is 1. The van der Waals surface area contributed by atoms with Crippen LogP contribution in [0.15, 0.2) is 30.3 Å². The molecular weight excluding hydrogens is 258 g/mol. The van der Waals surface area contributed by atoms with Gasteiger partial charge in [0.1, 0.15) is 18.9 Å². The van der Waals surface area contributed by atoms with Gasteiger partial charge in [-0.1, -0.05) is 30.3 Å². The zero-order valence-electron chi connectivity index (χ0n) is 10.9. The monoisotopic (exact) mass is 273 g/mol. The number of hydrogen-bond donors (Lipinski definition) is 0. The molecule has 2 aliphatic heterocycles. The molecule has 0 saturated carbocycles. The molecule has 2 heterocycles. The van der Waals surface area contributed by atoms with E-state index in [0.29, 0.717) is 12.8 Å². The Morgan fingerprint density at radius 1 is 1.20 bits per heavy atom. The molecule has 5 heteroatoms. The summed E-state index contributed by atoms with van der Waals surface area (Å²) in [6.07, 6.45) is 1.48. The van der Waals surface area contributed by atoms with Gasteiger partial charge in [-0.15, -0.1) is 0 Å². The summed E-state index contributed by atoms with van der Waals surface area (Å²) in [5.41, 5.74) is 0.921. The number of aldehydes is 1. The predicted molar refractivity (Wildman–Crippen MR) is 69.6 cm³/mol.